The van der Waals surface area contributed by atoms with E-state index in [0.717, 1.165) is 49.2 Å². The molecule has 3 rings (SSSR count). The predicted molar refractivity (Wildman–Crippen MR) is 84.4 cm³/mol. The largest absolute Gasteiger partial charge is 0.476 e. The third-order valence-electron chi connectivity index (χ3n) is 4.28. The van der Waals surface area contributed by atoms with Crippen LogP contribution in [-0.4, -0.2) is 43.4 Å². The molecule has 2 heterocycles. The van der Waals surface area contributed by atoms with Crippen LogP contribution in [0.5, 0.6) is 0 Å². The molecule has 0 aromatic carbocycles. The number of hydrogen-bond donors (Lipinski definition) is 2. The first-order valence-electron chi connectivity index (χ1n) is 7.99. The van der Waals surface area contributed by atoms with Crippen molar-refractivity contribution in [2.75, 3.05) is 6.54 Å². The zero-order chi connectivity index (χ0) is 16.2. The molecule has 2 aromatic heterocycles. The maximum Gasteiger partial charge on any atom is 0.356 e. The van der Waals surface area contributed by atoms with Crippen molar-refractivity contribution < 1.29 is 9.90 Å². The Morgan fingerprint density at radius 1 is 1.48 bits per heavy atom. The number of aromatic carboxylic acids is 1. The molecule has 2 aromatic rings. The highest BCUT2D eigenvalue weighted by molar-refractivity contribution is 5.87. The van der Waals surface area contributed by atoms with E-state index >= 15 is 0 Å². The zero-order valence-electron chi connectivity index (χ0n) is 13.2. The summed E-state index contributed by atoms with van der Waals surface area (Å²) in [5, 5.41) is 17.1. The number of nitrogens with one attached hydrogen (secondary N) is 1. The van der Waals surface area contributed by atoms with Crippen LogP contribution in [0.3, 0.4) is 0 Å². The summed E-state index contributed by atoms with van der Waals surface area (Å²) >= 11 is 0. The van der Waals surface area contributed by atoms with Crippen LogP contribution in [0.25, 0.3) is 0 Å². The molecule has 0 radical (unpaired) electrons. The Kier molecular flexibility index (Phi) is 4.66. The second kappa shape index (κ2) is 6.87. The molecule has 0 spiro atoms. The standard InChI is InChI=1S/C16H21N5O2/c1-2-21-14-4-3-11(9-13(14)15(20-21)16(22)23)18-6-5-12-10-17-7-8-19-12/h7-8,10-11,18H,2-6,9H2,1H3,(H,22,23)/t11-/m0/s1. The van der Waals surface area contributed by atoms with Crippen LogP contribution in [0.4, 0.5) is 0 Å². The Bertz CT molecular complexity index is 683. The van der Waals surface area contributed by atoms with Crippen molar-refractivity contribution in [3.05, 3.63) is 41.2 Å². The molecule has 0 bridgehead atoms. The molecule has 0 unspecified atom stereocenters. The minimum atomic E-state index is -0.936. The molecular formula is C16H21N5O2. The minimum Gasteiger partial charge on any atom is -0.476 e. The smallest absolute Gasteiger partial charge is 0.356 e. The topological polar surface area (TPSA) is 92.9 Å². The van der Waals surface area contributed by atoms with Crippen LogP contribution in [0.15, 0.2) is 18.6 Å². The van der Waals surface area contributed by atoms with Gasteiger partial charge in [0.25, 0.3) is 0 Å². The molecule has 7 nitrogen and oxygen atoms in total. The Balaban J connectivity index is 1.63. The van der Waals surface area contributed by atoms with Gasteiger partial charge >= 0.3 is 5.97 Å². The van der Waals surface area contributed by atoms with Crippen molar-refractivity contribution in [1.82, 2.24) is 25.1 Å². The molecule has 0 saturated carbocycles. The minimum absolute atomic E-state index is 0.210. The van der Waals surface area contributed by atoms with Gasteiger partial charge in [0.15, 0.2) is 5.69 Å². The average molecular weight is 315 g/mol. The first-order chi connectivity index (χ1) is 11.2. The summed E-state index contributed by atoms with van der Waals surface area (Å²) in [5.74, 6) is -0.936. The summed E-state index contributed by atoms with van der Waals surface area (Å²) < 4.78 is 1.83. The number of aromatic nitrogens is 4. The molecule has 0 saturated heterocycles. The lowest BCUT2D eigenvalue weighted by atomic mass is 9.91. The Morgan fingerprint density at radius 3 is 3.04 bits per heavy atom. The van der Waals surface area contributed by atoms with Crippen molar-refractivity contribution in [2.45, 2.75) is 45.2 Å². The monoisotopic (exact) mass is 315 g/mol. The van der Waals surface area contributed by atoms with Gasteiger partial charge in [-0.05, 0) is 26.2 Å². The van der Waals surface area contributed by atoms with Crippen LogP contribution < -0.4 is 5.32 Å². The van der Waals surface area contributed by atoms with Crippen LogP contribution in [0.2, 0.25) is 0 Å². The molecule has 0 fully saturated rings. The SMILES string of the molecule is CCn1nc(C(=O)O)c2c1CC[C@H](NCCc1cnccn1)C2. The second-order valence-corrected chi connectivity index (χ2v) is 5.74. The molecule has 0 amide bonds. The van der Waals surface area contributed by atoms with E-state index in [1.165, 1.54) is 0 Å². The third-order valence-corrected chi connectivity index (χ3v) is 4.28. The summed E-state index contributed by atoms with van der Waals surface area (Å²) in [4.78, 5) is 19.7. The van der Waals surface area contributed by atoms with Gasteiger partial charge in [0, 0.05) is 55.4 Å². The first-order valence-corrected chi connectivity index (χ1v) is 7.99. The molecule has 23 heavy (non-hydrogen) atoms. The molecule has 122 valence electrons. The fourth-order valence-corrected chi connectivity index (χ4v) is 3.16. The number of carbonyl (C=O) groups is 1. The van der Waals surface area contributed by atoms with Gasteiger partial charge in [-0.3, -0.25) is 14.6 Å². The lowest BCUT2D eigenvalue weighted by molar-refractivity contribution is 0.0688. The molecule has 7 heteroatoms. The summed E-state index contributed by atoms with van der Waals surface area (Å²) in [6, 6.07) is 0.284. The lowest BCUT2D eigenvalue weighted by Crippen LogP contribution is -2.36. The van der Waals surface area contributed by atoms with Gasteiger partial charge in [-0.25, -0.2) is 4.79 Å². The van der Waals surface area contributed by atoms with Crippen LogP contribution >= 0.6 is 0 Å². The van der Waals surface area contributed by atoms with Gasteiger partial charge in [0.1, 0.15) is 0 Å². The van der Waals surface area contributed by atoms with E-state index < -0.39 is 5.97 Å². The highest BCUT2D eigenvalue weighted by Crippen LogP contribution is 2.25. The molecular weight excluding hydrogens is 294 g/mol. The number of nitrogens with zero attached hydrogens (tertiary/aromatic N) is 4. The third kappa shape index (κ3) is 3.39. The maximum absolute atomic E-state index is 11.4. The van der Waals surface area contributed by atoms with E-state index in [2.05, 4.69) is 20.4 Å². The molecule has 1 aliphatic carbocycles. The second-order valence-electron chi connectivity index (χ2n) is 5.74. The van der Waals surface area contributed by atoms with Crippen LogP contribution in [-0.2, 0) is 25.8 Å². The van der Waals surface area contributed by atoms with Gasteiger partial charge in [0.2, 0.25) is 0 Å². The van der Waals surface area contributed by atoms with Gasteiger partial charge in [-0.1, -0.05) is 0 Å². The quantitative estimate of drug-likeness (QED) is 0.828. The number of fused-ring (bicyclic) bond motifs is 1. The van der Waals surface area contributed by atoms with E-state index in [4.69, 9.17) is 0 Å². The highest BCUT2D eigenvalue weighted by Gasteiger charge is 2.28. The van der Waals surface area contributed by atoms with E-state index in [1.54, 1.807) is 18.6 Å². The summed E-state index contributed by atoms with van der Waals surface area (Å²) in [6.07, 6.45) is 8.53. The van der Waals surface area contributed by atoms with Crippen molar-refractivity contribution >= 4 is 5.97 Å². The normalized spacial score (nSPS) is 17.0. The van der Waals surface area contributed by atoms with E-state index in [9.17, 15) is 9.90 Å². The summed E-state index contributed by atoms with van der Waals surface area (Å²) in [5.41, 5.74) is 3.14. The van der Waals surface area contributed by atoms with Gasteiger partial charge in [-0.2, -0.15) is 5.10 Å². The Hall–Kier alpha value is -2.28. The maximum atomic E-state index is 11.4. The van der Waals surface area contributed by atoms with Crippen molar-refractivity contribution in [3.8, 4) is 0 Å². The van der Waals surface area contributed by atoms with Gasteiger partial charge in [0.05, 0.1) is 5.69 Å². The molecule has 1 atom stereocenters. The number of carboxylic acid groups (broad SMARTS) is 1. The van der Waals surface area contributed by atoms with E-state index in [-0.39, 0.29) is 11.7 Å². The average Bonchev–Trinajstić information content (AvgIpc) is 2.94. The Morgan fingerprint density at radius 2 is 2.35 bits per heavy atom. The molecule has 0 aliphatic heterocycles. The fraction of sp³-hybridized carbons (Fsp3) is 0.500. The number of carboxylic acids is 1. The number of rotatable bonds is 6. The van der Waals surface area contributed by atoms with Crippen molar-refractivity contribution in [2.24, 2.45) is 0 Å². The Labute approximate surface area is 134 Å². The summed E-state index contributed by atoms with van der Waals surface area (Å²) in [7, 11) is 0. The highest BCUT2D eigenvalue weighted by atomic mass is 16.4. The fourth-order valence-electron chi connectivity index (χ4n) is 3.16. The van der Waals surface area contributed by atoms with Gasteiger partial charge < -0.3 is 10.4 Å². The van der Waals surface area contributed by atoms with Crippen molar-refractivity contribution in [3.63, 3.8) is 0 Å². The molecule has 1 aliphatic rings. The summed E-state index contributed by atoms with van der Waals surface area (Å²) in [6.45, 7) is 3.51. The van der Waals surface area contributed by atoms with Crippen LogP contribution in [0.1, 0.15) is 40.8 Å². The lowest BCUT2D eigenvalue weighted by Gasteiger charge is -2.24. The van der Waals surface area contributed by atoms with Crippen molar-refractivity contribution in [1.29, 1.82) is 0 Å². The van der Waals surface area contributed by atoms with Gasteiger partial charge in [-0.15, -0.1) is 0 Å². The number of hydrogen-bond acceptors (Lipinski definition) is 5. The number of aryl methyl sites for hydroxylation is 1. The van der Waals surface area contributed by atoms with E-state index in [0.29, 0.717) is 6.54 Å². The predicted octanol–water partition coefficient (Wildman–Crippen LogP) is 1.08. The van der Waals surface area contributed by atoms with E-state index in [1.807, 2.05) is 11.6 Å². The van der Waals surface area contributed by atoms with Crippen LogP contribution in [0, 0.1) is 0 Å². The molecule has 2 N–H and O–H groups in total. The first kappa shape index (κ1) is 15.6. The zero-order valence-corrected chi connectivity index (χ0v) is 13.2.